The van der Waals surface area contributed by atoms with Gasteiger partial charge in [0.1, 0.15) is 0 Å². The molecule has 1 aromatic carbocycles. The maximum Gasteiger partial charge on any atom is 0.179 e. The van der Waals surface area contributed by atoms with E-state index < -0.39 is 0 Å². The molecule has 0 N–H and O–H groups in total. The van der Waals surface area contributed by atoms with Gasteiger partial charge < -0.3 is 4.57 Å². The molecule has 0 spiro atoms. The summed E-state index contributed by atoms with van der Waals surface area (Å²) in [6.45, 7) is 3.95. The maximum atomic E-state index is 11.7. The van der Waals surface area contributed by atoms with Gasteiger partial charge in [-0.3, -0.25) is 4.79 Å². The molecule has 1 heterocycles. The van der Waals surface area contributed by atoms with E-state index in [1.54, 1.807) is 0 Å². The Kier molecular flexibility index (Phi) is 4.12. The van der Waals surface area contributed by atoms with Crippen molar-refractivity contribution in [1.82, 2.24) is 4.57 Å². The third kappa shape index (κ3) is 2.47. The van der Waals surface area contributed by atoms with Gasteiger partial charge in [-0.15, -0.1) is 11.6 Å². The third-order valence-corrected chi connectivity index (χ3v) is 3.90. The van der Waals surface area contributed by atoms with E-state index in [1.807, 2.05) is 19.9 Å². The van der Waals surface area contributed by atoms with Crippen LogP contribution in [0.3, 0.4) is 0 Å². The maximum absolute atomic E-state index is 11.7. The first-order chi connectivity index (χ1) is 8.54. The highest BCUT2D eigenvalue weighted by Crippen LogP contribution is 2.22. The van der Waals surface area contributed by atoms with Crippen molar-refractivity contribution in [2.45, 2.75) is 13.8 Å². The molecule has 2 nitrogen and oxygen atoms in total. The van der Waals surface area contributed by atoms with Gasteiger partial charge in [-0.05, 0) is 66.8 Å². The van der Waals surface area contributed by atoms with Gasteiger partial charge in [-0.25, -0.2) is 0 Å². The molecule has 94 valence electrons. The molecule has 0 aliphatic heterocycles. The number of carbonyl (C=O) groups excluding carboxylic acids is 1. The lowest BCUT2D eigenvalue weighted by Crippen LogP contribution is -2.04. The van der Waals surface area contributed by atoms with Gasteiger partial charge in [0.25, 0.3) is 0 Å². The highest BCUT2D eigenvalue weighted by molar-refractivity contribution is 14.1. The average Bonchev–Trinajstić information content (AvgIpc) is 2.65. The summed E-state index contributed by atoms with van der Waals surface area (Å²) in [6.07, 6.45) is 0. The number of hydrogen-bond donors (Lipinski definition) is 0. The van der Waals surface area contributed by atoms with E-state index in [9.17, 15) is 4.79 Å². The molecule has 4 heteroatoms. The first-order valence-electron chi connectivity index (χ1n) is 5.58. The molecule has 0 aliphatic carbocycles. The summed E-state index contributed by atoms with van der Waals surface area (Å²) in [6, 6.07) is 10.1. The summed E-state index contributed by atoms with van der Waals surface area (Å²) in [5, 5.41) is 0. The molecule has 0 saturated heterocycles. The topological polar surface area (TPSA) is 22.0 Å². The van der Waals surface area contributed by atoms with E-state index in [2.05, 4.69) is 51.4 Å². The van der Waals surface area contributed by atoms with Crippen LogP contribution in [-0.4, -0.2) is 16.2 Å². The van der Waals surface area contributed by atoms with E-state index in [-0.39, 0.29) is 11.7 Å². The SMILES string of the molecule is Cc1cc(C(=O)CCl)c(C)n1-c1ccc(I)cc1. The van der Waals surface area contributed by atoms with Gasteiger partial charge in [-0.1, -0.05) is 0 Å². The summed E-state index contributed by atoms with van der Waals surface area (Å²) in [4.78, 5) is 11.7. The summed E-state index contributed by atoms with van der Waals surface area (Å²) in [5.74, 6) is -0.00158. The fraction of sp³-hybridized carbons (Fsp3) is 0.214. The highest BCUT2D eigenvalue weighted by Gasteiger charge is 2.15. The molecule has 0 bridgehead atoms. The lowest BCUT2D eigenvalue weighted by atomic mass is 10.2. The monoisotopic (exact) mass is 373 g/mol. The number of aromatic nitrogens is 1. The average molecular weight is 374 g/mol. The van der Waals surface area contributed by atoms with Crippen LogP contribution < -0.4 is 0 Å². The Morgan fingerprint density at radius 2 is 1.89 bits per heavy atom. The second-order valence-corrected chi connectivity index (χ2v) is 5.67. The van der Waals surface area contributed by atoms with Crippen molar-refractivity contribution in [1.29, 1.82) is 0 Å². The predicted octanol–water partition coefficient (Wildman–Crippen LogP) is 4.12. The number of benzene rings is 1. The van der Waals surface area contributed by atoms with Crippen LogP contribution in [-0.2, 0) is 0 Å². The Hall–Kier alpha value is -0.810. The normalized spacial score (nSPS) is 10.7. The standard InChI is InChI=1S/C14H13ClINO/c1-9-7-13(14(18)8-15)10(2)17(9)12-5-3-11(16)4-6-12/h3-7H,8H2,1-2H3. The summed E-state index contributed by atoms with van der Waals surface area (Å²) < 4.78 is 3.27. The highest BCUT2D eigenvalue weighted by atomic mass is 127. The predicted molar refractivity (Wildman–Crippen MR) is 83.0 cm³/mol. The summed E-state index contributed by atoms with van der Waals surface area (Å²) in [5.41, 5.74) is 3.77. The summed E-state index contributed by atoms with van der Waals surface area (Å²) >= 11 is 7.90. The molecule has 0 atom stereocenters. The van der Waals surface area contributed by atoms with Gasteiger partial charge in [0.05, 0.1) is 5.88 Å². The molecule has 0 unspecified atom stereocenters. The van der Waals surface area contributed by atoms with E-state index in [0.29, 0.717) is 5.56 Å². The Labute approximate surface area is 125 Å². The molecule has 0 fully saturated rings. The molecule has 0 amide bonds. The third-order valence-electron chi connectivity index (χ3n) is 2.94. The van der Waals surface area contributed by atoms with E-state index >= 15 is 0 Å². The number of ketones is 1. The molecular weight excluding hydrogens is 361 g/mol. The van der Waals surface area contributed by atoms with E-state index in [4.69, 9.17) is 11.6 Å². The van der Waals surface area contributed by atoms with Gasteiger partial charge in [0.2, 0.25) is 0 Å². The molecule has 2 rings (SSSR count). The van der Waals surface area contributed by atoms with Crippen molar-refractivity contribution in [3.63, 3.8) is 0 Å². The molecule has 1 aromatic heterocycles. The zero-order valence-electron chi connectivity index (χ0n) is 10.2. The molecule has 18 heavy (non-hydrogen) atoms. The van der Waals surface area contributed by atoms with Gasteiger partial charge in [-0.2, -0.15) is 0 Å². The minimum Gasteiger partial charge on any atom is -0.318 e. The Morgan fingerprint density at radius 3 is 2.44 bits per heavy atom. The van der Waals surface area contributed by atoms with Crippen LogP contribution >= 0.6 is 34.2 Å². The smallest absolute Gasteiger partial charge is 0.179 e. The van der Waals surface area contributed by atoms with Crippen LogP contribution in [0.2, 0.25) is 0 Å². The fourth-order valence-electron chi connectivity index (χ4n) is 2.10. The van der Waals surface area contributed by atoms with Crippen molar-refractivity contribution < 1.29 is 4.79 Å². The second kappa shape index (κ2) is 5.45. The number of halogens is 2. The fourth-order valence-corrected chi connectivity index (χ4v) is 2.61. The van der Waals surface area contributed by atoms with Crippen molar-refractivity contribution >= 4 is 40.0 Å². The lowest BCUT2D eigenvalue weighted by molar-refractivity contribution is 0.102. The first kappa shape index (κ1) is 13.6. The number of rotatable bonds is 3. The number of aryl methyl sites for hydroxylation is 1. The lowest BCUT2D eigenvalue weighted by Gasteiger charge is -2.09. The van der Waals surface area contributed by atoms with Crippen LogP contribution in [0.25, 0.3) is 5.69 Å². The van der Waals surface area contributed by atoms with E-state index in [1.165, 1.54) is 3.57 Å². The molecule has 0 aliphatic rings. The minimum absolute atomic E-state index is 0.0248. The minimum atomic E-state index is -0.0264. The van der Waals surface area contributed by atoms with Crippen LogP contribution in [0, 0.1) is 17.4 Å². The summed E-state index contributed by atoms with van der Waals surface area (Å²) in [7, 11) is 0. The zero-order chi connectivity index (χ0) is 13.3. The van der Waals surface area contributed by atoms with Gasteiger partial charge >= 0.3 is 0 Å². The molecule has 2 aromatic rings. The number of Topliss-reactive ketones (excluding diaryl/α,β-unsaturated/α-hetero) is 1. The Bertz CT molecular complexity index is 587. The Morgan fingerprint density at radius 1 is 1.28 bits per heavy atom. The van der Waals surface area contributed by atoms with Crippen LogP contribution in [0.1, 0.15) is 21.7 Å². The number of nitrogens with zero attached hydrogens (tertiary/aromatic N) is 1. The van der Waals surface area contributed by atoms with Crippen molar-refractivity contribution in [2.75, 3.05) is 5.88 Å². The van der Waals surface area contributed by atoms with Gasteiger partial charge in [0, 0.05) is 26.2 Å². The second-order valence-electron chi connectivity index (χ2n) is 4.15. The van der Waals surface area contributed by atoms with E-state index in [0.717, 1.165) is 17.1 Å². The van der Waals surface area contributed by atoms with Crippen LogP contribution in [0.15, 0.2) is 30.3 Å². The quantitative estimate of drug-likeness (QED) is 0.451. The Balaban J connectivity index is 2.55. The number of hydrogen-bond acceptors (Lipinski definition) is 1. The first-order valence-corrected chi connectivity index (χ1v) is 7.20. The van der Waals surface area contributed by atoms with Crippen molar-refractivity contribution in [3.8, 4) is 5.69 Å². The molecular formula is C14H13ClINO. The molecule has 0 saturated carbocycles. The zero-order valence-corrected chi connectivity index (χ0v) is 13.1. The largest absolute Gasteiger partial charge is 0.318 e. The number of alkyl halides is 1. The number of carbonyl (C=O) groups is 1. The van der Waals surface area contributed by atoms with Gasteiger partial charge in [0.15, 0.2) is 5.78 Å². The van der Waals surface area contributed by atoms with Crippen LogP contribution in [0.5, 0.6) is 0 Å². The van der Waals surface area contributed by atoms with Crippen LogP contribution in [0.4, 0.5) is 0 Å². The molecule has 0 radical (unpaired) electrons. The van der Waals surface area contributed by atoms with Crippen molar-refractivity contribution in [2.24, 2.45) is 0 Å². The van der Waals surface area contributed by atoms with Crippen molar-refractivity contribution in [3.05, 3.63) is 50.9 Å².